The quantitative estimate of drug-likeness (QED) is 0.724. The number of hydrogen-bond acceptors (Lipinski definition) is 2. The number of rotatable bonds is 2. The Balaban J connectivity index is 1.89. The van der Waals surface area contributed by atoms with Crippen molar-refractivity contribution in [3.8, 4) is 0 Å². The topological polar surface area (TPSA) is 3.24 Å². The van der Waals surface area contributed by atoms with Crippen LogP contribution in [0.1, 0.15) is 44.9 Å². The van der Waals surface area contributed by atoms with Crippen LogP contribution in [0.2, 0.25) is 0 Å². The molecule has 1 aromatic rings. The zero-order valence-electron chi connectivity index (χ0n) is 11.7. The van der Waals surface area contributed by atoms with E-state index < -0.39 is 0 Å². The zero-order valence-corrected chi connectivity index (χ0v) is 14.1. The van der Waals surface area contributed by atoms with Gasteiger partial charge in [-0.2, -0.15) is 0 Å². The lowest BCUT2D eigenvalue weighted by molar-refractivity contribution is 0.207. The van der Waals surface area contributed by atoms with Crippen molar-refractivity contribution >= 4 is 27.3 Å². The highest BCUT2D eigenvalue weighted by molar-refractivity contribution is 9.11. The van der Waals surface area contributed by atoms with E-state index in [0.717, 1.165) is 12.5 Å². The van der Waals surface area contributed by atoms with Gasteiger partial charge in [0.1, 0.15) is 0 Å². The summed E-state index contributed by atoms with van der Waals surface area (Å²) < 4.78 is 1.25. The Morgan fingerprint density at radius 1 is 1.28 bits per heavy atom. The second-order valence-corrected chi connectivity index (χ2v) is 9.02. The highest BCUT2D eigenvalue weighted by Gasteiger charge is 2.27. The Morgan fingerprint density at radius 3 is 2.67 bits per heavy atom. The second-order valence-electron chi connectivity index (χ2n) is 6.48. The molecule has 1 nitrogen and oxygen atoms in total. The Morgan fingerprint density at radius 2 is 2.06 bits per heavy atom. The molecular formula is C15H24BrNS. The minimum atomic E-state index is 0.474. The van der Waals surface area contributed by atoms with Crippen molar-refractivity contribution in [2.45, 2.75) is 46.6 Å². The third kappa shape index (κ3) is 4.07. The van der Waals surface area contributed by atoms with Crippen molar-refractivity contribution in [1.82, 2.24) is 4.90 Å². The monoisotopic (exact) mass is 329 g/mol. The van der Waals surface area contributed by atoms with Gasteiger partial charge >= 0.3 is 0 Å². The van der Waals surface area contributed by atoms with Gasteiger partial charge in [-0.25, -0.2) is 0 Å². The average molecular weight is 330 g/mol. The van der Waals surface area contributed by atoms with E-state index in [1.807, 2.05) is 11.3 Å². The number of halogens is 1. The maximum absolute atomic E-state index is 3.55. The van der Waals surface area contributed by atoms with E-state index in [2.05, 4.69) is 53.7 Å². The Labute approximate surface area is 124 Å². The van der Waals surface area contributed by atoms with Crippen LogP contribution < -0.4 is 0 Å². The van der Waals surface area contributed by atoms with Crippen LogP contribution >= 0.6 is 27.3 Å². The first-order valence-electron chi connectivity index (χ1n) is 6.92. The van der Waals surface area contributed by atoms with Crippen LogP contribution in [-0.2, 0) is 6.54 Å². The Hall–Kier alpha value is 0.140. The van der Waals surface area contributed by atoms with Gasteiger partial charge in [0.2, 0.25) is 0 Å². The van der Waals surface area contributed by atoms with Crippen LogP contribution in [0.5, 0.6) is 0 Å². The van der Waals surface area contributed by atoms with E-state index in [-0.39, 0.29) is 0 Å². The molecule has 3 heteroatoms. The van der Waals surface area contributed by atoms with Crippen molar-refractivity contribution in [2.24, 2.45) is 11.3 Å². The molecular weight excluding hydrogens is 306 g/mol. The van der Waals surface area contributed by atoms with Gasteiger partial charge in [0, 0.05) is 11.4 Å². The molecule has 2 rings (SSSR count). The minimum Gasteiger partial charge on any atom is -0.298 e. The van der Waals surface area contributed by atoms with Gasteiger partial charge in [-0.3, -0.25) is 4.90 Å². The van der Waals surface area contributed by atoms with Gasteiger partial charge in [-0.05, 0) is 71.7 Å². The molecule has 1 aromatic heterocycles. The summed E-state index contributed by atoms with van der Waals surface area (Å²) in [6, 6.07) is 4.41. The predicted octanol–water partition coefficient (Wildman–Crippen LogP) is 5.16. The number of nitrogens with zero attached hydrogens (tertiary/aromatic N) is 1. The molecule has 1 aliphatic rings. The van der Waals surface area contributed by atoms with Gasteiger partial charge in [0.25, 0.3) is 0 Å². The van der Waals surface area contributed by atoms with Crippen molar-refractivity contribution in [3.63, 3.8) is 0 Å². The lowest BCUT2D eigenvalue weighted by Gasteiger charge is -2.29. The summed E-state index contributed by atoms with van der Waals surface area (Å²) in [5.74, 6) is 0.887. The van der Waals surface area contributed by atoms with E-state index in [4.69, 9.17) is 0 Å². The highest BCUT2D eigenvalue weighted by Crippen LogP contribution is 2.34. The summed E-state index contributed by atoms with van der Waals surface area (Å²) in [6.45, 7) is 10.8. The normalized spacial score (nSPS) is 23.0. The SMILES string of the molecule is CC(C)(C)C1CCCN(Cc2ccc(Br)s2)CC1. The maximum atomic E-state index is 3.55. The third-order valence-electron chi connectivity index (χ3n) is 4.05. The second kappa shape index (κ2) is 6.06. The molecule has 1 unspecified atom stereocenters. The summed E-state index contributed by atoms with van der Waals surface area (Å²) in [6.07, 6.45) is 4.11. The molecule has 1 fully saturated rings. The van der Waals surface area contributed by atoms with Crippen molar-refractivity contribution in [3.05, 3.63) is 20.8 Å². The van der Waals surface area contributed by atoms with Crippen LogP contribution in [0.25, 0.3) is 0 Å². The smallest absolute Gasteiger partial charge is 0.0701 e. The standard InChI is InChI=1S/C15H24BrNS/c1-15(2,3)12-5-4-9-17(10-8-12)11-13-6-7-14(16)18-13/h6-7,12H,4-5,8-11H2,1-3H3. The van der Waals surface area contributed by atoms with Crippen LogP contribution in [-0.4, -0.2) is 18.0 Å². The third-order valence-corrected chi connectivity index (χ3v) is 5.66. The molecule has 0 amide bonds. The first-order chi connectivity index (χ1) is 8.45. The fraction of sp³-hybridized carbons (Fsp3) is 0.733. The van der Waals surface area contributed by atoms with E-state index in [1.165, 1.54) is 41.0 Å². The number of hydrogen-bond donors (Lipinski definition) is 0. The van der Waals surface area contributed by atoms with E-state index >= 15 is 0 Å². The fourth-order valence-corrected chi connectivity index (χ4v) is 4.36. The molecule has 0 saturated carbocycles. The molecule has 0 N–H and O–H groups in total. The average Bonchev–Trinajstić information content (AvgIpc) is 2.53. The highest BCUT2D eigenvalue weighted by atomic mass is 79.9. The predicted molar refractivity (Wildman–Crippen MR) is 84.1 cm³/mol. The molecule has 1 aliphatic heterocycles. The Bertz CT molecular complexity index is 380. The first kappa shape index (κ1) is 14.5. The van der Waals surface area contributed by atoms with Crippen molar-refractivity contribution in [2.75, 3.05) is 13.1 Å². The van der Waals surface area contributed by atoms with Crippen LogP contribution in [0.15, 0.2) is 15.9 Å². The summed E-state index contributed by atoms with van der Waals surface area (Å²) in [7, 11) is 0. The molecule has 1 atom stereocenters. The van der Waals surface area contributed by atoms with Gasteiger partial charge < -0.3 is 0 Å². The molecule has 0 aromatic carbocycles. The molecule has 0 bridgehead atoms. The number of likely N-dealkylation sites (tertiary alicyclic amines) is 1. The van der Waals surface area contributed by atoms with Crippen molar-refractivity contribution < 1.29 is 0 Å². The molecule has 102 valence electrons. The Kier molecular flexibility index (Phi) is 4.90. The first-order valence-corrected chi connectivity index (χ1v) is 8.52. The molecule has 0 aliphatic carbocycles. The van der Waals surface area contributed by atoms with Crippen LogP contribution in [0.3, 0.4) is 0 Å². The van der Waals surface area contributed by atoms with Gasteiger partial charge in [0.05, 0.1) is 3.79 Å². The van der Waals surface area contributed by atoms with Gasteiger partial charge in [-0.15, -0.1) is 11.3 Å². The molecule has 0 radical (unpaired) electrons. The van der Waals surface area contributed by atoms with Crippen LogP contribution in [0, 0.1) is 11.3 Å². The zero-order chi connectivity index (χ0) is 13.2. The molecule has 0 spiro atoms. The van der Waals surface area contributed by atoms with E-state index in [9.17, 15) is 0 Å². The molecule has 2 heterocycles. The maximum Gasteiger partial charge on any atom is 0.0701 e. The fourth-order valence-electron chi connectivity index (χ4n) is 2.84. The largest absolute Gasteiger partial charge is 0.298 e. The molecule has 1 saturated heterocycles. The van der Waals surface area contributed by atoms with Gasteiger partial charge in [-0.1, -0.05) is 20.8 Å². The van der Waals surface area contributed by atoms with Gasteiger partial charge in [0.15, 0.2) is 0 Å². The summed E-state index contributed by atoms with van der Waals surface area (Å²) in [4.78, 5) is 4.11. The lowest BCUT2D eigenvalue weighted by Crippen LogP contribution is -2.25. The summed E-state index contributed by atoms with van der Waals surface area (Å²) in [5.41, 5.74) is 0.474. The molecule has 18 heavy (non-hydrogen) atoms. The summed E-state index contributed by atoms with van der Waals surface area (Å²) in [5, 5.41) is 0. The van der Waals surface area contributed by atoms with E-state index in [1.54, 1.807) is 0 Å². The van der Waals surface area contributed by atoms with Crippen LogP contribution in [0.4, 0.5) is 0 Å². The summed E-state index contributed by atoms with van der Waals surface area (Å²) >= 11 is 5.42. The van der Waals surface area contributed by atoms with Crippen molar-refractivity contribution in [1.29, 1.82) is 0 Å². The van der Waals surface area contributed by atoms with E-state index in [0.29, 0.717) is 5.41 Å². The lowest BCUT2D eigenvalue weighted by atomic mass is 9.77. The number of thiophene rings is 1. The minimum absolute atomic E-state index is 0.474.